The van der Waals surface area contributed by atoms with E-state index >= 15 is 0 Å². The van der Waals surface area contributed by atoms with E-state index in [1.54, 1.807) is 26.2 Å². The molecule has 0 fully saturated rings. The van der Waals surface area contributed by atoms with Crippen molar-refractivity contribution >= 4 is 17.4 Å². The third kappa shape index (κ3) is 3.58. The number of fused-ring (bicyclic) bond motifs is 1. The Hall–Kier alpha value is -2.03. The highest BCUT2D eigenvalue weighted by molar-refractivity contribution is 7.08. The van der Waals surface area contributed by atoms with Crippen LogP contribution in [-0.4, -0.2) is 32.7 Å². The fourth-order valence-corrected chi connectivity index (χ4v) is 3.72. The summed E-state index contributed by atoms with van der Waals surface area (Å²) >= 11 is 1.41. The molecule has 2 aromatic rings. The molecule has 0 atom stereocenters. The van der Waals surface area contributed by atoms with Gasteiger partial charge in [0.1, 0.15) is 5.60 Å². The van der Waals surface area contributed by atoms with Gasteiger partial charge in [-0.15, -0.1) is 0 Å². The lowest BCUT2D eigenvalue weighted by Crippen LogP contribution is -2.42. The van der Waals surface area contributed by atoms with E-state index in [-0.39, 0.29) is 25.3 Å². The Bertz CT molecular complexity index is 833. The van der Waals surface area contributed by atoms with Crippen LogP contribution in [0.1, 0.15) is 37.9 Å². The average Bonchev–Trinajstić information content (AvgIpc) is 3.07. The van der Waals surface area contributed by atoms with Crippen LogP contribution in [0.25, 0.3) is 11.3 Å². The number of ether oxygens (including phenoxy) is 1. The second-order valence-electron chi connectivity index (χ2n) is 7.25. The van der Waals surface area contributed by atoms with Gasteiger partial charge in [-0.1, -0.05) is 0 Å². The zero-order valence-corrected chi connectivity index (χ0v) is 15.8. The Labute approximate surface area is 153 Å². The molecule has 1 aliphatic heterocycles. The molecule has 0 radical (unpaired) electrons. The number of nitrogens with zero attached hydrogens (tertiary/aromatic N) is 3. The van der Waals surface area contributed by atoms with Gasteiger partial charge in [0, 0.05) is 24.0 Å². The molecule has 3 heterocycles. The second-order valence-corrected chi connectivity index (χ2v) is 7.99. The first kappa shape index (κ1) is 18.8. The number of rotatable bonds is 1. The van der Waals surface area contributed by atoms with Crippen LogP contribution >= 0.6 is 11.3 Å². The molecule has 5 nitrogen and oxygen atoms in total. The van der Waals surface area contributed by atoms with E-state index in [2.05, 4.69) is 4.98 Å². The molecule has 0 aromatic carbocycles. The Kier molecular flexibility index (Phi) is 4.54. The minimum atomic E-state index is -4.55. The summed E-state index contributed by atoms with van der Waals surface area (Å²) in [5.41, 5.74) is 1.53. The SMILES string of the molecule is Cc1cscc1-c1nc(C(F)(F)F)n2c1CN(C(=O)OC(C)(C)C)CC2. The van der Waals surface area contributed by atoms with E-state index in [0.29, 0.717) is 11.3 Å². The molecule has 26 heavy (non-hydrogen) atoms. The number of imidazole rings is 1. The minimum absolute atomic E-state index is 0.0274. The quantitative estimate of drug-likeness (QED) is 0.713. The van der Waals surface area contributed by atoms with Crippen molar-refractivity contribution < 1.29 is 22.7 Å². The molecule has 0 aliphatic carbocycles. The first-order valence-electron chi connectivity index (χ1n) is 8.15. The van der Waals surface area contributed by atoms with Gasteiger partial charge in [-0.2, -0.15) is 24.5 Å². The van der Waals surface area contributed by atoms with Crippen LogP contribution in [0.4, 0.5) is 18.0 Å². The number of aryl methyl sites for hydroxylation is 1. The van der Waals surface area contributed by atoms with Crippen LogP contribution in [0.3, 0.4) is 0 Å². The molecular formula is C17H20F3N3O2S. The van der Waals surface area contributed by atoms with Crippen molar-refractivity contribution in [3.05, 3.63) is 27.8 Å². The summed E-state index contributed by atoms with van der Waals surface area (Å²) in [5.74, 6) is -0.920. The molecule has 1 amide bonds. The lowest BCUT2D eigenvalue weighted by Gasteiger charge is -2.31. The maximum absolute atomic E-state index is 13.4. The summed E-state index contributed by atoms with van der Waals surface area (Å²) in [6.45, 7) is 7.29. The lowest BCUT2D eigenvalue weighted by atomic mass is 10.1. The standard InChI is InChI=1S/C17H20F3N3O2S/c1-10-8-26-9-11(10)13-12-7-22(15(24)25-16(2,3)4)5-6-23(12)14(21-13)17(18,19)20/h8-9H,5-7H2,1-4H3. The van der Waals surface area contributed by atoms with E-state index in [1.165, 1.54) is 20.8 Å². The summed E-state index contributed by atoms with van der Waals surface area (Å²) in [6.07, 6.45) is -5.09. The number of alkyl halides is 3. The lowest BCUT2D eigenvalue weighted by molar-refractivity contribution is -0.147. The third-order valence-electron chi connectivity index (χ3n) is 4.02. The Morgan fingerprint density at radius 2 is 1.92 bits per heavy atom. The molecule has 0 unspecified atom stereocenters. The largest absolute Gasteiger partial charge is 0.449 e. The van der Waals surface area contributed by atoms with Crippen LogP contribution in [0.2, 0.25) is 0 Å². The normalized spacial score (nSPS) is 15.1. The van der Waals surface area contributed by atoms with Gasteiger partial charge in [0.2, 0.25) is 5.82 Å². The molecule has 0 bridgehead atoms. The highest BCUT2D eigenvalue weighted by Crippen LogP contribution is 2.37. The van der Waals surface area contributed by atoms with Crippen molar-refractivity contribution in [1.29, 1.82) is 0 Å². The summed E-state index contributed by atoms with van der Waals surface area (Å²) in [4.78, 5) is 17.7. The van der Waals surface area contributed by atoms with Crippen molar-refractivity contribution in [3.63, 3.8) is 0 Å². The Morgan fingerprint density at radius 1 is 1.23 bits per heavy atom. The monoisotopic (exact) mass is 387 g/mol. The molecule has 0 saturated carbocycles. The van der Waals surface area contributed by atoms with Crippen LogP contribution in [0.5, 0.6) is 0 Å². The van der Waals surface area contributed by atoms with Crippen LogP contribution < -0.4 is 0 Å². The molecule has 9 heteroatoms. The van der Waals surface area contributed by atoms with Gasteiger partial charge in [0.15, 0.2) is 0 Å². The second kappa shape index (κ2) is 6.29. The van der Waals surface area contributed by atoms with Crippen molar-refractivity contribution in [2.75, 3.05) is 6.54 Å². The summed E-state index contributed by atoms with van der Waals surface area (Å²) < 4.78 is 46.8. The van der Waals surface area contributed by atoms with Gasteiger partial charge in [0.25, 0.3) is 0 Å². The van der Waals surface area contributed by atoms with E-state index in [9.17, 15) is 18.0 Å². The summed E-state index contributed by atoms with van der Waals surface area (Å²) in [6, 6.07) is 0. The van der Waals surface area contributed by atoms with Gasteiger partial charge in [-0.05, 0) is 38.6 Å². The molecule has 1 aliphatic rings. The third-order valence-corrected chi connectivity index (χ3v) is 4.88. The first-order chi connectivity index (χ1) is 12.0. The zero-order chi connectivity index (χ0) is 19.3. The molecule has 0 spiro atoms. The molecule has 142 valence electrons. The summed E-state index contributed by atoms with van der Waals surface area (Å²) in [7, 11) is 0. The first-order valence-corrected chi connectivity index (χ1v) is 9.09. The Balaban J connectivity index is 2.02. The van der Waals surface area contributed by atoms with Gasteiger partial charge in [0.05, 0.1) is 17.9 Å². The topological polar surface area (TPSA) is 47.4 Å². The number of carbonyl (C=O) groups excluding carboxylic acids is 1. The summed E-state index contributed by atoms with van der Waals surface area (Å²) in [5, 5.41) is 3.65. The zero-order valence-electron chi connectivity index (χ0n) is 15.0. The van der Waals surface area contributed by atoms with Crippen molar-refractivity contribution in [2.24, 2.45) is 0 Å². The fraction of sp³-hybridized carbons (Fsp3) is 0.529. The fourth-order valence-electron chi connectivity index (χ4n) is 2.89. The van der Waals surface area contributed by atoms with Gasteiger partial charge in [-0.25, -0.2) is 9.78 Å². The maximum atomic E-state index is 13.4. The highest BCUT2D eigenvalue weighted by atomic mass is 32.1. The number of hydrogen-bond acceptors (Lipinski definition) is 4. The van der Waals surface area contributed by atoms with Crippen molar-refractivity contribution in [1.82, 2.24) is 14.5 Å². The van der Waals surface area contributed by atoms with E-state index in [4.69, 9.17) is 4.74 Å². The van der Waals surface area contributed by atoms with Crippen LogP contribution in [-0.2, 0) is 24.0 Å². The van der Waals surface area contributed by atoms with Crippen molar-refractivity contribution in [3.8, 4) is 11.3 Å². The number of amides is 1. The van der Waals surface area contributed by atoms with E-state index in [0.717, 1.165) is 5.56 Å². The number of carbonyl (C=O) groups is 1. The molecule has 3 rings (SSSR count). The van der Waals surface area contributed by atoms with Gasteiger partial charge < -0.3 is 14.2 Å². The number of hydrogen-bond donors (Lipinski definition) is 0. The predicted molar refractivity (Wildman–Crippen MR) is 91.9 cm³/mol. The van der Waals surface area contributed by atoms with Crippen LogP contribution in [0, 0.1) is 6.92 Å². The van der Waals surface area contributed by atoms with Gasteiger partial charge in [-0.3, -0.25) is 0 Å². The minimum Gasteiger partial charge on any atom is -0.444 e. The van der Waals surface area contributed by atoms with Gasteiger partial charge >= 0.3 is 12.3 Å². The van der Waals surface area contributed by atoms with E-state index in [1.807, 2.05) is 12.3 Å². The molecular weight excluding hydrogens is 367 g/mol. The predicted octanol–water partition coefficient (Wildman–Crippen LogP) is 4.69. The smallest absolute Gasteiger partial charge is 0.444 e. The highest BCUT2D eigenvalue weighted by Gasteiger charge is 2.41. The average molecular weight is 387 g/mol. The number of halogens is 3. The maximum Gasteiger partial charge on any atom is 0.449 e. The molecule has 2 aromatic heterocycles. The number of thiophene rings is 1. The van der Waals surface area contributed by atoms with Crippen LogP contribution in [0.15, 0.2) is 10.8 Å². The molecule has 0 N–H and O–H groups in total. The van der Waals surface area contributed by atoms with Crippen molar-refractivity contribution in [2.45, 2.75) is 52.6 Å². The van der Waals surface area contributed by atoms with E-state index < -0.39 is 23.7 Å². The Morgan fingerprint density at radius 3 is 2.46 bits per heavy atom. The molecule has 0 saturated heterocycles. The number of aromatic nitrogens is 2.